The summed E-state index contributed by atoms with van der Waals surface area (Å²) in [4.78, 5) is 21.6. The summed E-state index contributed by atoms with van der Waals surface area (Å²) in [6, 6.07) is 7.74. The molecule has 0 fully saturated rings. The second kappa shape index (κ2) is 3.41. The molecule has 4 heteroatoms. The van der Waals surface area contributed by atoms with Gasteiger partial charge in [-0.05, 0) is 11.6 Å². The summed E-state index contributed by atoms with van der Waals surface area (Å²) in [7, 11) is 0. The minimum absolute atomic E-state index is 0.0432. The molecular formula is C12H9N3O. The van der Waals surface area contributed by atoms with Crippen LogP contribution in [0.1, 0.15) is 5.56 Å². The van der Waals surface area contributed by atoms with Crippen LogP contribution >= 0.6 is 0 Å². The summed E-state index contributed by atoms with van der Waals surface area (Å²) < 4.78 is 0. The number of aromatic nitrogens is 2. The fraction of sp³-hybridized carbons (Fsp3) is 0.0833. The molecule has 2 aromatic rings. The predicted molar refractivity (Wildman–Crippen MR) is 59.3 cm³/mol. The van der Waals surface area contributed by atoms with Crippen molar-refractivity contribution in [2.75, 3.05) is 4.90 Å². The number of fused-ring (bicyclic) bond motifs is 1. The fourth-order valence-electron chi connectivity index (χ4n) is 1.91. The normalized spacial score (nSPS) is 14.0. The number of rotatable bonds is 1. The molecule has 3 rings (SSSR count). The van der Waals surface area contributed by atoms with Gasteiger partial charge in [-0.15, -0.1) is 0 Å². The van der Waals surface area contributed by atoms with Crippen molar-refractivity contribution in [3.05, 3.63) is 48.4 Å². The number of carbonyl (C=O) groups excluding carboxylic acids is 1. The quantitative estimate of drug-likeness (QED) is 0.721. The molecule has 1 amide bonds. The van der Waals surface area contributed by atoms with Crippen LogP contribution in [0.2, 0.25) is 0 Å². The zero-order valence-electron chi connectivity index (χ0n) is 8.50. The number of carbonyl (C=O) groups is 1. The Kier molecular flexibility index (Phi) is 1.93. The molecular weight excluding hydrogens is 202 g/mol. The van der Waals surface area contributed by atoms with Gasteiger partial charge in [-0.2, -0.15) is 0 Å². The summed E-state index contributed by atoms with van der Waals surface area (Å²) in [5.74, 6) is 0.624. The number of anilines is 2. The molecule has 0 atom stereocenters. The third-order valence-electron chi connectivity index (χ3n) is 2.60. The topological polar surface area (TPSA) is 46.1 Å². The Balaban J connectivity index is 2.13. The van der Waals surface area contributed by atoms with E-state index in [-0.39, 0.29) is 5.91 Å². The van der Waals surface area contributed by atoms with Crippen LogP contribution in [0.25, 0.3) is 0 Å². The molecule has 1 aliphatic heterocycles. The van der Waals surface area contributed by atoms with Crippen molar-refractivity contribution in [2.45, 2.75) is 6.42 Å². The molecule has 1 aromatic carbocycles. The predicted octanol–water partition coefficient (Wildman–Crippen LogP) is 1.70. The van der Waals surface area contributed by atoms with Crippen molar-refractivity contribution in [3.63, 3.8) is 0 Å². The number of amides is 1. The highest BCUT2D eigenvalue weighted by atomic mass is 16.2. The van der Waals surface area contributed by atoms with Crippen molar-refractivity contribution < 1.29 is 4.79 Å². The number of nitrogens with zero attached hydrogens (tertiary/aromatic N) is 3. The molecule has 4 nitrogen and oxygen atoms in total. The minimum Gasteiger partial charge on any atom is -0.274 e. The second-order valence-electron chi connectivity index (χ2n) is 3.60. The first-order valence-electron chi connectivity index (χ1n) is 5.03. The highest BCUT2D eigenvalue weighted by Gasteiger charge is 2.28. The van der Waals surface area contributed by atoms with Crippen molar-refractivity contribution in [1.29, 1.82) is 0 Å². The van der Waals surface area contributed by atoms with Gasteiger partial charge in [0.25, 0.3) is 0 Å². The molecule has 1 aromatic heterocycles. The Morgan fingerprint density at radius 2 is 2.06 bits per heavy atom. The monoisotopic (exact) mass is 211 g/mol. The van der Waals surface area contributed by atoms with Crippen LogP contribution in [-0.4, -0.2) is 15.9 Å². The van der Waals surface area contributed by atoms with Gasteiger partial charge < -0.3 is 0 Å². The maximum atomic E-state index is 11.9. The van der Waals surface area contributed by atoms with Gasteiger partial charge in [-0.3, -0.25) is 14.7 Å². The Bertz CT molecular complexity index is 539. The van der Waals surface area contributed by atoms with Gasteiger partial charge in [-0.1, -0.05) is 18.2 Å². The zero-order valence-corrected chi connectivity index (χ0v) is 8.50. The summed E-state index contributed by atoms with van der Waals surface area (Å²) in [6.07, 6.45) is 5.21. The second-order valence-corrected chi connectivity index (χ2v) is 3.60. The maximum Gasteiger partial charge on any atom is 0.237 e. The lowest BCUT2D eigenvalue weighted by atomic mass is 10.2. The molecule has 1 aliphatic rings. The molecule has 2 heterocycles. The third-order valence-corrected chi connectivity index (χ3v) is 2.60. The Morgan fingerprint density at radius 3 is 2.88 bits per heavy atom. The van der Waals surface area contributed by atoms with Crippen LogP contribution in [0.4, 0.5) is 11.5 Å². The average molecular weight is 211 g/mol. The van der Waals surface area contributed by atoms with E-state index >= 15 is 0 Å². The molecule has 0 saturated carbocycles. The number of hydrogen-bond donors (Lipinski definition) is 0. The molecule has 0 saturated heterocycles. The highest BCUT2D eigenvalue weighted by molar-refractivity contribution is 6.06. The number of benzene rings is 1. The van der Waals surface area contributed by atoms with Gasteiger partial charge in [0.15, 0.2) is 5.82 Å². The first kappa shape index (κ1) is 9.03. The first-order valence-corrected chi connectivity index (χ1v) is 5.03. The maximum absolute atomic E-state index is 11.9. The summed E-state index contributed by atoms with van der Waals surface area (Å²) in [5, 5.41) is 0. The van der Waals surface area contributed by atoms with Gasteiger partial charge in [0.05, 0.1) is 18.3 Å². The minimum atomic E-state index is 0.0432. The summed E-state index contributed by atoms with van der Waals surface area (Å²) in [5.41, 5.74) is 1.95. The molecule has 16 heavy (non-hydrogen) atoms. The van der Waals surface area contributed by atoms with E-state index in [2.05, 4.69) is 9.97 Å². The Hall–Kier alpha value is -2.23. The van der Waals surface area contributed by atoms with Crippen LogP contribution in [0.5, 0.6) is 0 Å². The van der Waals surface area contributed by atoms with Gasteiger partial charge in [-0.25, -0.2) is 4.98 Å². The lowest BCUT2D eigenvalue weighted by Crippen LogP contribution is -2.21. The van der Waals surface area contributed by atoms with Gasteiger partial charge in [0, 0.05) is 12.4 Å². The van der Waals surface area contributed by atoms with E-state index in [1.165, 1.54) is 0 Å². The molecule has 0 spiro atoms. The van der Waals surface area contributed by atoms with E-state index in [0.717, 1.165) is 11.3 Å². The van der Waals surface area contributed by atoms with Crippen LogP contribution in [0.15, 0.2) is 42.9 Å². The SMILES string of the molecule is O=C1Cc2ccccc2N1c1cnccn1. The van der Waals surface area contributed by atoms with Crippen LogP contribution in [-0.2, 0) is 11.2 Å². The Morgan fingerprint density at radius 1 is 1.19 bits per heavy atom. The summed E-state index contributed by atoms with van der Waals surface area (Å²) in [6.45, 7) is 0. The van der Waals surface area contributed by atoms with E-state index < -0.39 is 0 Å². The molecule has 0 unspecified atom stereocenters. The molecule has 0 N–H and O–H groups in total. The first-order chi connectivity index (χ1) is 7.86. The van der Waals surface area contributed by atoms with Crippen molar-refractivity contribution in [1.82, 2.24) is 9.97 Å². The van der Waals surface area contributed by atoms with Crippen LogP contribution < -0.4 is 4.90 Å². The van der Waals surface area contributed by atoms with Crippen LogP contribution in [0, 0.1) is 0 Å². The average Bonchev–Trinajstić information content (AvgIpc) is 2.66. The molecule has 0 radical (unpaired) electrons. The van der Waals surface area contributed by atoms with Crippen molar-refractivity contribution in [3.8, 4) is 0 Å². The van der Waals surface area contributed by atoms with Gasteiger partial charge in [0.2, 0.25) is 5.91 Å². The lowest BCUT2D eigenvalue weighted by molar-refractivity contribution is -0.116. The third kappa shape index (κ3) is 1.27. The largest absolute Gasteiger partial charge is 0.274 e. The van der Waals surface area contributed by atoms with Crippen LogP contribution in [0.3, 0.4) is 0 Å². The van der Waals surface area contributed by atoms with E-state index in [0.29, 0.717) is 12.2 Å². The lowest BCUT2D eigenvalue weighted by Gasteiger charge is -2.15. The standard InChI is InChI=1S/C12H9N3O/c16-12-7-9-3-1-2-4-10(9)15(12)11-8-13-5-6-14-11/h1-6,8H,7H2. The smallest absolute Gasteiger partial charge is 0.237 e. The fourth-order valence-corrected chi connectivity index (χ4v) is 1.91. The van der Waals surface area contributed by atoms with Crippen molar-refractivity contribution in [2.24, 2.45) is 0 Å². The number of hydrogen-bond acceptors (Lipinski definition) is 3. The van der Waals surface area contributed by atoms with Crippen molar-refractivity contribution >= 4 is 17.4 Å². The van der Waals surface area contributed by atoms with Gasteiger partial charge >= 0.3 is 0 Å². The van der Waals surface area contributed by atoms with E-state index in [1.807, 2.05) is 24.3 Å². The van der Waals surface area contributed by atoms with E-state index in [9.17, 15) is 4.79 Å². The van der Waals surface area contributed by atoms with E-state index in [1.54, 1.807) is 23.5 Å². The summed E-state index contributed by atoms with van der Waals surface area (Å²) >= 11 is 0. The molecule has 78 valence electrons. The number of para-hydroxylation sites is 1. The zero-order chi connectivity index (χ0) is 11.0. The van der Waals surface area contributed by atoms with E-state index in [4.69, 9.17) is 0 Å². The van der Waals surface area contributed by atoms with Gasteiger partial charge in [0.1, 0.15) is 0 Å². The molecule has 0 bridgehead atoms. The highest BCUT2D eigenvalue weighted by Crippen LogP contribution is 2.33. The molecule has 0 aliphatic carbocycles. The Labute approximate surface area is 92.6 Å².